The van der Waals surface area contributed by atoms with Crippen LogP contribution in [0.1, 0.15) is 36.9 Å². The molecule has 0 saturated carbocycles. The topological polar surface area (TPSA) is 112 Å². The number of thioether (sulfide) groups is 1. The fraction of sp³-hybridized carbons (Fsp3) is 0.318. The molecule has 0 saturated heterocycles. The molecule has 1 aromatic heterocycles. The van der Waals surface area contributed by atoms with Crippen LogP contribution >= 0.6 is 23.4 Å². The quantitative estimate of drug-likeness (QED) is 0.245. The number of benzene rings is 2. The first-order valence-electron chi connectivity index (χ1n) is 10.2. The van der Waals surface area contributed by atoms with Gasteiger partial charge in [-0.1, -0.05) is 41.1 Å². The number of aryl methyl sites for hydroxylation is 2. The average Bonchev–Trinajstić information content (AvgIpc) is 3.18. The van der Waals surface area contributed by atoms with Crippen LogP contribution in [0.4, 0.5) is 11.4 Å². The van der Waals surface area contributed by atoms with E-state index in [2.05, 4.69) is 21.6 Å². The minimum Gasteiger partial charge on any atom is -0.482 e. The number of ether oxygens (including phenoxy) is 1. The highest BCUT2D eigenvalue weighted by atomic mass is 35.5. The number of rotatable bonds is 9. The predicted molar refractivity (Wildman–Crippen MR) is 128 cm³/mol. The lowest BCUT2D eigenvalue weighted by Gasteiger charge is -2.17. The predicted octanol–water partition coefficient (Wildman–Crippen LogP) is 5.35. The number of non-ortho nitro benzene ring substituents is 1. The minimum absolute atomic E-state index is 0.0312. The molecule has 33 heavy (non-hydrogen) atoms. The molecule has 1 unspecified atom stereocenters. The fourth-order valence-corrected chi connectivity index (χ4v) is 4.19. The van der Waals surface area contributed by atoms with Crippen LogP contribution in [0.25, 0.3) is 0 Å². The van der Waals surface area contributed by atoms with E-state index in [9.17, 15) is 14.9 Å². The molecule has 0 spiro atoms. The molecule has 0 fully saturated rings. The molecule has 0 aliphatic heterocycles. The van der Waals surface area contributed by atoms with Crippen LogP contribution in [0.2, 0.25) is 5.02 Å². The number of carbonyl (C=O) groups is 1. The van der Waals surface area contributed by atoms with Crippen LogP contribution in [0.3, 0.4) is 0 Å². The first kappa shape index (κ1) is 24.5. The largest absolute Gasteiger partial charge is 0.482 e. The molecule has 0 aliphatic carbocycles. The summed E-state index contributed by atoms with van der Waals surface area (Å²) in [4.78, 5) is 22.8. The number of nitrogens with one attached hydrogen (secondary N) is 1. The molecule has 0 bridgehead atoms. The number of nitrogens with zero attached hydrogens (tertiary/aromatic N) is 4. The first-order chi connectivity index (χ1) is 15.7. The maximum atomic E-state index is 12.4. The van der Waals surface area contributed by atoms with Crippen molar-refractivity contribution in [2.45, 2.75) is 45.5 Å². The van der Waals surface area contributed by atoms with Gasteiger partial charge in [-0.25, -0.2) is 0 Å². The van der Waals surface area contributed by atoms with Crippen LogP contribution < -0.4 is 10.1 Å². The third kappa shape index (κ3) is 6.02. The summed E-state index contributed by atoms with van der Waals surface area (Å²) in [5.41, 5.74) is 2.23. The molecule has 1 heterocycles. The molecular formula is C22H24ClN5O4S. The molecule has 1 amide bonds. The van der Waals surface area contributed by atoms with Crippen LogP contribution in [0.5, 0.6) is 5.75 Å². The summed E-state index contributed by atoms with van der Waals surface area (Å²) in [6.45, 7) is 8.49. The number of halogens is 1. The molecule has 9 nitrogen and oxygen atoms in total. The number of anilines is 1. The molecule has 0 radical (unpaired) electrons. The van der Waals surface area contributed by atoms with E-state index in [0.29, 0.717) is 17.5 Å². The molecule has 11 heteroatoms. The molecule has 1 atom stereocenters. The number of amides is 1. The normalized spacial score (nSPS) is 11.8. The van der Waals surface area contributed by atoms with Crippen LogP contribution in [-0.4, -0.2) is 31.3 Å². The van der Waals surface area contributed by atoms with Gasteiger partial charge in [0.1, 0.15) is 5.75 Å². The fourth-order valence-electron chi connectivity index (χ4n) is 3.22. The van der Waals surface area contributed by atoms with E-state index >= 15 is 0 Å². The van der Waals surface area contributed by atoms with Crippen molar-refractivity contribution in [3.63, 3.8) is 0 Å². The van der Waals surface area contributed by atoms with Gasteiger partial charge in [-0.05, 0) is 45.4 Å². The van der Waals surface area contributed by atoms with E-state index in [0.717, 1.165) is 16.9 Å². The van der Waals surface area contributed by atoms with Crippen molar-refractivity contribution >= 4 is 40.6 Å². The third-order valence-electron chi connectivity index (χ3n) is 4.83. The zero-order chi connectivity index (χ0) is 24.1. The highest BCUT2D eigenvalue weighted by Gasteiger charge is 2.20. The Kier molecular flexibility index (Phi) is 7.93. The minimum atomic E-state index is -0.548. The Morgan fingerprint density at radius 2 is 2.03 bits per heavy atom. The molecule has 174 valence electrons. The van der Waals surface area contributed by atoms with Gasteiger partial charge in [0.25, 0.3) is 5.69 Å². The molecule has 0 aliphatic rings. The standard InChI is InChI=1S/C22H24ClN5O4S/c1-5-27-21(15(4)32-19-9-6-13(2)10-14(19)3)25-26-22(27)33-12-20(29)24-18-11-16(28(30)31)7-8-17(18)23/h6-11,15H,5,12H2,1-4H3,(H,24,29). The van der Waals surface area contributed by atoms with Crippen molar-refractivity contribution < 1.29 is 14.5 Å². The molecule has 3 rings (SSSR count). The van der Waals surface area contributed by atoms with Gasteiger partial charge in [-0.2, -0.15) is 0 Å². The molecule has 1 N–H and O–H groups in total. The van der Waals surface area contributed by atoms with E-state index in [1.165, 1.54) is 30.0 Å². The van der Waals surface area contributed by atoms with Gasteiger partial charge in [-0.3, -0.25) is 14.9 Å². The van der Waals surface area contributed by atoms with Crippen LogP contribution in [0, 0.1) is 24.0 Å². The second kappa shape index (κ2) is 10.7. The third-order valence-corrected chi connectivity index (χ3v) is 6.12. The van der Waals surface area contributed by atoms with Crippen molar-refractivity contribution in [2.24, 2.45) is 0 Å². The lowest BCUT2D eigenvalue weighted by Crippen LogP contribution is -2.16. The molecular weight excluding hydrogens is 466 g/mol. The Labute approximate surface area is 200 Å². The summed E-state index contributed by atoms with van der Waals surface area (Å²) < 4.78 is 8.00. The van der Waals surface area contributed by atoms with E-state index in [-0.39, 0.29) is 34.2 Å². The van der Waals surface area contributed by atoms with Crippen molar-refractivity contribution in [1.82, 2.24) is 14.8 Å². The molecule has 3 aromatic rings. The lowest BCUT2D eigenvalue weighted by molar-refractivity contribution is -0.384. The van der Waals surface area contributed by atoms with Crippen molar-refractivity contribution in [1.29, 1.82) is 0 Å². The summed E-state index contributed by atoms with van der Waals surface area (Å²) in [5.74, 6) is 1.10. The monoisotopic (exact) mass is 489 g/mol. The van der Waals surface area contributed by atoms with Crippen molar-refractivity contribution in [3.8, 4) is 5.75 Å². The van der Waals surface area contributed by atoms with Gasteiger partial charge in [0.2, 0.25) is 5.91 Å². The molecule has 2 aromatic carbocycles. The Morgan fingerprint density at radius 3 is 2.70 bits per heavy atom. The van der Waals surface area contributed by atoms with Crippen LogP contribution in [0.15, 0.2) is 41.6 Å². The number of carbonyl (C=O) groups excluding carboxylic acids is 1. The second-order valence-electron chi connectivity index (χ2n) is 7.37. The highest BCUT2D eigenvalue weighted by molar-refractivity contribution is 7.99. The Bertz CT molecular complexity index is 1180. The van der Waals surface area contributed by atoms with Crippen LogP contribution in [-0.2, 0) is 11.3 Å². The highest BCUT2D eigenvalue weighted by Crippen LogP contribution is 2.29. The van der Waals surface area contributed by atoms with E-state index in [1.54, 1.807) is 0 Å². The van der Waals surface area contributed by atoms with E-state index in [4.69, 9.17) is 16.3 Å². The van der Waals surface area contributed by atoms with Gasteiger partial charge in [-0.15, -0.1) is 10.2 Å². The maximum absolute atomic E-state index is 12.4. The zero-order valence-corrected chi connectivity index (χ0v) is 20.2. The Balaban J connectivity index is 1.67. The lowest BCUT2D eigenvalue weighted by atomic mass is 10.1. The number of nitro benzene ring substituents is 1. The summed E-state index contributed by atoms with van der Waals surface area (Å²) in [7, 11) is 0. The van der Waals surface area contributed by atoms with Gasteiger partial charge in [0.05, 0.1) is 21.4 Å². The first-order valence-corrected chi connectivity index (χ1v) is 11.6. The number of hydrogen-bond donors (Lipinski definition) is 1. The summed E-state index contributed by atoms with van der Waals surface area (Å²) >= 11 is 7.26. The summed E-state index contributed by atoms with van der Waals surface area (Å²) in [6.07, 6.45) is -0.342. The Hall–Kier alpha value is -3.11. The Morgan fingerprint density at radius 1 is 1.27 bits per heavy atom. The van der Waals surface area contributed by atoms with E-state index in [1.807, 2.05) is 44.4 Å². The van der Waals surface area contributed by atoms with Gasteiger partial charge >= 0.3 is 0 Å². The second-order valence-corrected chi connectivity index (χ2v) is 8.72. The summed E-state index contributed by atoms with van der Waals surface area (Å²) in [5, 5.41) is 22.9. The van der Waals surface area contributed by atoms with Crippen molar-refractivity contribution in [3.05, 3.63) is 68.5 Å². The number of aromatic nitrogens is 3. The summed E-state index contributed by atoms with van der Waals surface area (Å²) in [6, 6.07) is 9.86. The van der Waals surface area contributed by atoms with E-state index < -0.39 is 4.92 Å². The van der Waals surface area contributed by atoms with Gasteiger partial charge in [0.15, 0.2) is 17.1 Å². The maximum Gasteiger partial charge on any atom is 0.271 e. The zero-order valence-electron chi connectivity index (χ0n) is 18.7. The smallest absolute Gasteiger partial charge is 0.271 e. The van der Waals surface area contributed by atoms with Crippen molar-refractivity contribution in [2.75, 3.05) is 11.1 Å². The van der Waals surface area contributed by atoms with Gasteiger partial charge in [0, 0.05) is 18.7 Å². The average molecular weight is 490 g/mol. The number of hydrogen-bond acceptors (Lipinski definition) is 7. The van der Waals surface area contributed by atoms with Gasteiger partial charge < -0.3 is 14.6 Å². The SMILES string of the molecule is CCn1c(SCC(=O)Nc2cc([N+](=O)[O-])ccc2Cl)nnc1C(C)Oc1ccc(C)cc1C. The number of nitro groups is 1.